The molecule has 0 aliphatic carbocycles. The van der Waals surface area contributed by atoms with Crippen molar-refractivity contribution in [1.29, 1.82) is 0 Å². The zero-order valence-electron chi connectivity index (χ0n) is 11.5. The maximum absolute atomic E-state index is 5.81. The summed E-state index contributed by atoms with van der Waals surface area (Å²) in [6, 6.07) is 0.621. The maximum Gasteiger partial charge on any atom is 0.0717 e. The molecule has 96 valence electrons. The lowest BCUT2D eigenvalue weighted by Gasteiger charge is -2.41. The van der Waals surface area contributed by atoms with Gasteiger partial charge < -0.3 is 4.74 Å². The largest absolute Gasteiger partial charge is 0.377 e. The molecule has 0 aromatic rings. The summed E-state index contributed by atoms with van der Waals surface area (Å²) in [5.74, 6) is 0. The van der Waals surface area contributed by atoms with Crippen molar-refractivity contribution < 1.29 is 4.74 Å². The monoisotopic (exact) mass is 339 g/mol. The molecule has 0 aromatic heterocycles. The summed E-state index contributed by atoms with van der Waals surface area (Å²) in [5, 5.41) is 0. The van der Waals surface area contributed by atoms with E-state index in [1.807, 2.05) is 0 Å². The standard InChI is InChI=1S/C13H26INO/c1-7-16-10-8-11(12(2,3)4)15(9-10)13(5,6)14/h10-11H,7-9H2,1-6H3. The summed E-state index contributed by atoms with van der Waals surface area (Å²) >= 11 is 2.54. The average molecular weight is 339 g/mol. The molecular weight excluding hydrogens is 313 g/mol. The van der Waals surface area contributed by atoms with E-state index in [-0.39, 0.29) is 3.55 Å². The van der Waals surface area contributed by atoms with Crippen molar-refractivity contribution >= 4 is 22.6 Å². The molecule has 0 bridgehead atoms. The number of hydrogen-bond donors (Lipinski definition) is 0. The Morgan fingerprint density at radius 1 is 1.25 bits per heavy atom. The first-order chi connectivity index (χ1) is 7.16. The Labute approximate surface area is 114 Å². The van der Waals surface area contributed by atoms with Crippen LogP contribution in [0.2, 0.25) is 0 Å². The van der Waals surface area contributed by atoms with E-state index in [2.05, 4.69) is 69.0 Å². The van der Waals surface area contributed by atoms with Crippen molar-refractivity contribution in [3.05, 3.63) is 0 Å². The lowest BCUT2D eigenvalue weighted by Crippen LogP contribution is -2.48. The van der Waals surface area contributed by atoms with Crippen molar-refractivity contribution in [2.24, 2.45) is 5.41 Å². The third-order valence-corrected chi connectivity index (χ3v) is 3.97. The molecule has 1 heterocycles. The molecule has 1 fully saturated rings. The molecule has 2 atom stereocenters. The smallest absolute Gasteiger partial charge is 0.0717 e. The maximum atomic E-state index is 5.81. The van der Waals surface area contributed by atoms with Crippen molar-refractivity contribution in [2.75, 3.05) is 13.2 Å². The molecule has 16 heavy (non-hydrogen) atoms. The third kappa shape index (κ3) is 3.57. The lowest BCUT2D eigenvalue weighted by molar-refractivity contribution is 0.0644. The molecule has 1 aliphatic heterocycles. The number of rotatable bonds is 3. The second-order valence-electron chi connectivity index (χ2n) is 6.26. The Bertz CT molecular complexity index is 207. The molecule has 0 aromatic carbocycles. The van der Waals surface area contributed by atoms with Gasteiger partial charge in [-0.15, -0.1) is 0 Å². The molecule has 1 rings (SSSR count). The highest BCUT2D eigenvalue weighted by Crippen LogP contribution is 2.40. The Morgan fingerprint density at radius 2 is 1.81 bits per heavy atom. The number of likely N-dealkylation sites (tertiary alicyclic amines) is 1. The Morgan fingerprint density at radius 3 is 2.12 bits per heavy atom. The van der Waals surface area contributed by atoms with Crippen LogP contribution in [0.25, 0.3) is 0 Å². The molecule has 2 nitrogen and oxygen atoms in total. The van der Waals surface area contributed by atoms with E-state index < -0.39 is 0 Å². The van der Waals surface area contributed by atoms with E-state index in [0.29, 0.717) is 17.6 Å². The van der Waals surface area contributed by atoms with Crippen LogP contribution in [0.4, 0.5) is 0 Å². The number of alkyl halides is 1. The zero-order chi connectivity index (χ0) is 12.6. The summed E-state index contributed by atoms with van der Waals surface area (Å²) < 4.78 is 6.02. The molecule has 0 N–H and O–H groups in total. The number of halogens is 1. The summed E-state index contributed by atoms with van der Waals surface area (Å²) in [6.45, 7) is 15.6. The minimum atomic E-state index is 0.210. The van der Waals surface area contributed by atoms with Crippen LogP contribution in [0.1, 0.15) is 48.0 Å². The topological polar surface area (TPSA) is 12.5 Å². The van der Waals surface area contributed by atoms with E-state index >= 15 is 0 Å². The van der Waals surface area contributed by atoms with Gasteiger partial charge in [-0.1, -0.05) is 43.4 Å². The van der Waals surface area contributed by atoms with Gasteiger partial charge in [0.2, 0.25) is 0 Å². The summed E-state index contributed by atoms with van der Waals surface area (Å²) in [5.41, 5.74) is 0.328. The van der Waals surface area contributed by atoms with Gasteiger partial charge in [-0.05, 0) is 32.6 Å². The fourth-order valence-corrected chi connectivity index (χ4v) is 3.10. The predicted molar refractivity (Wildman–Crippen MR) is 78.1 cm³/mol. The fraction of sp³-hybridized carbons (Fsp3) is 1.00. The van der Waals surface area contributed by atoms with E-state index in [1.54, 1.807) is 0 Å². The Balaban J connectivity index is 2.80. The minimum absolute atomic E-state index is 0.210. The van der Waals surface area contributed by atoms with E-state index in [1.165, 1.54) is 6.42 Å². The highest BCUT2D eigenvalue weighted by Gasteiger charge is 2.44. The molecular formula is C13H26INO. The van der Waals surface area contributed by atoms with Crippen LogP contribution in [0.3, 0.4) is 0 Å². The summed E-state index contributed by atoms with van der Waals surface area (Å²) in [7, 11) is 0. The Kier molecular flexibility index (Phi) is 4.69. The quantitative estimate of drug-likeness (QED) is 0.442. The SMILES string of the molecule is CCOC1CC(C(C)(C)C)N(C(C)(C)I)C1. The van der Waals surface area contributed by atoms with Gasteiger partial charge in [-0.2, -0.15) is 0 Å². The number of hydrogen-bond acceptors (Lipinski definition) is 2. The van der Waals surface area contributed by atoms with E-state index in [4.69, 9.17) is 4.74 Å². The van der Waals surface area contributed by atoms with Gasteiger partial charge in [0.1, 0.15) is 0 Å². The van der Waals surface area contributed by atoms with Crippen LogP contribution in [-0.4, -0.2) is 33.7 Å². The lowest BCUT2D eigenvalue weighted by atomic mass is 9.84. The van der Waals surface area contributed by atoms with Crippen molar-refractivity contribution in [2.45, 2.75) is 63.7 Å². The second kappa shape index (κ2) is 5.11. The van der Waals surface area contributed by atoms with Gasteiger partial charge in [0, 0.05) is 19.2 Å². The van der Waals surface area contributed by atoms with Crippen LogP contribution in [0, 0.1) is 5.41 Å². The van der Waals surface area contributed by atoms with Gasteiger partial charge >= 0.3 is 0 Å². The van der Waals surface area contributed by atoms with Crippen molar-refractivity contribution in [3.63, 3.8) is 0 Å². The number of nitrogens with zero attached hydrogens (tertiary/aromatic N) is 1. The van der Waals surface area contributed by atoms with Crippen LogP contribution in [-0.2, 0) is 4.74 Å². The highest BCUT2D eigenvalue weighted by atomic mass is 127. The van der Waals surface area contributed by atoms with Crippen molar-refractivity contribution in [1.82, 2.24) is 4.90 Å². The molecule has 2 unspecified atom stereocenters. The summed E-state index contributed by atoms with van der Waals surface area (Å²) in [6.07, 6.45) is 1.59. The molecule has 1 aliphatic rings. The van der Waals surface area contributed by atoms with Gasteiger partial charge in [-0.3, -0.25) is 4.90 Å². The minimum Gasteiger partial charge on any atom is -0.377 e. The highest BCUT2D eigenvalue weighted by molar-refractivity contribution is 14.1. The van der Waals surface area contributed by atoms with Gasteiger partial charge in [-0.25, -0.2) is 0 Å². The first kappa shape index (κ1) is 14.7. The average Bonchev–Trinajstić information content (AvgIpc) is 2.47. The van der Waals surface area contributed by atoms with Crippen LogP contribution >= 0.6 is 22.6 Å². The molecule has 1 saturated heterocycles. The molecule has 3 heteroatoms. The van der Waals surface area contributed by atoms with E-state index in [0.717, 1.165) is 13.2 Å². The van der Waals surface area contributed by atoms with Crippen molar-refractivity contribution in [3.8, 4) is 0 Å². The van der Waals surface area contributed by atoms with Gasteiger partial charge in [0.15, 0.2) is 0 Å². The van der Waals surface area contributed by atoms with Gasteiger partial charge in [0.05, 0.1) is 9.65 Å². The first-order valence-electron chi connectivity index (χ1n) is 6.23. The molecule has 0 spiro atoms. The fourth-order valence-electron chi connectivity index (χ4n) is 2.56. The van der Waals surface area contributed by atoms with Crippen LogP contribution in [0.15, 0.2) is 0 Å². The van der Waals surface area contributed by atoms with E-state index in [9.17, 15) is 0 Å². The Hall–Kier alpha value is 0.650. The summed E-state index contributed by atoms with van der Waals surface area (Å²) in [4.78, 5) is 2.61. The first-order valence-corrected chi connectivity index (χ1v) is 7.31. The molecule has 0 radical (unpaired) electrons. The number of ether oxygens (including phenoxy) is 1. The zero-order valence-corrected chi connectivity index (χ0v) is 13.7. The molecule has 0 saturated carbocycles. The normalized spacial score (nSPS) is 28.7. The van der Waals surface area contributed by atoms with Crippen LogP contribution in [0.5, 0.6) is 0 Å². The predicted octanol–water partition coefficient (Wildman–Crippen LogP) is 3.68. The van der Waals surface area contributed by atoms with Gasteiger partial charge in [0.25, 0.3) is 0 Å². The van der Waals surface area contributed by atoms with Crippen LogP contribution < -0.4 is 0 Å². The second-order valence-corrected chi connectivity index (χ2v) is 8.90. The third-order valence-electron chi connectivity index (χ3n) is 3.35. The molecule has 0 amide bonds.